The summed E-state index contributed by atoms with van der Waals surface area (Å²) in [6, 6.07) is 13.8. The summed E-state index contributed by atoms with van der Waals surface area (Å²) in [5.41, 5.74) is 7.32. The molecule has 120 valence electrons. The van der Waals surface area contributed by atoms with E-state index in [1.807, 2.05) is 6.07 Å². The van der Waals surface area contributed by atoms with Crippen LogP contribution in [0.1, 0.15) is 28.3 Å². The summed E-state index contributed by atoms with van der Waals surface area (Å²) in [6.07, 6.45) is -0.0792. The summed E-state index contributed by atoms with van der Waals surface area (Å²) in [4.78, 5) is 23.1. The van der Waals surface area contributed by atoms with Gasteiger partial charge in [-0.1, -0.05) is 35.9 Å². The molecule has 0 heterocycles. The Balaban J connectivity index is 2.23. The normalized spacial score (nSPS) is 11.7. The van der Waals surface area contributed by atoms with Crippen LogP contribution >= 0.6 is 11.6 Å². The van der Waals surface area contributed by atoms with Crippen molar-refractivity contribution < 1.29 is 14.7 Å². The Labute approximate surface area is 139 Å². The van der Waals surface area contributed by atoms with E-state index in [9.17, 15) is 9.59 Å². The van der Waals surface area contributed by atoms with E-state index in [1.165, 1.54) is 0 Å². The van der Waals surface area contributed by atoms with Crippen molar-refractivity contribution in [3.63, 3.8) is 0 Å². The van der Waals surface area contributed by atoms with E-state index < -0.39 is 5.97 Å². The summed E-state index contributed by atoms with van der Waals surface area (Å²) >= 11 is 6.12. The first-order chi connectivity index (χ1) is 11.0. The van der Waals surface area contributed by atoms with Gasteiger partial charge in [-0.05, 0) is 36.4 Å². The van der Waals surface area contributed by atoms with Crippen molar-refractivity contribution in [2.45, 2.75) is 12.3 Å². The highest BCUT2D eigenvalue weighted by atomic mass is 35.5. The molecule has 2 aromatic rings. The lowest BCUT2D eigenvalue weighted by molar-refractivity contribution is -0.137. The predicted octanol–water partition coefficient (Wildman–Crippen LogP) is 3.11. The first kappa shape index (κ1) is 17.0. The number of nitrogens with one attached hydrogen (secondary N) is 1. The topological polar surface area (TPSA) is 92.4 Å². The van der Waals surface area contributed by atoms with Gasteiger partial charge >= 0.3 is 5.97 Å². The van der Waals surface area contributed by atoms with E-state index >= 15 is 0 Å². The Morgan fingerprint density at radius 1 is 1.17 bits per heavy atom. The number of hydrogen-bond donors (Lipinski definition) is 3. The summed E-state index contributed by atoms with van der Waals surface area (Å²) in [7, 11) is 0. The fourth-order valence-corrected chi connectivity index (χ4v) is 2.39. The number of amides is 1. The lowest BCUT2D eigenvalue weighted by Crippen LogP contribution is -2.17. The fourth-order valence-electron chi connectivity index (χ4n) is 2.22. The second-order valence-corrected chi connectivity index (χ2v) is 5.50. The van der Waals surface area contributed by atoms with Gasteiger partial charge in [-0.25, -0.2) is 0 Å². The SMILES string of the molecule is NCC(CC(=O)O)c1ccc(Cl)c(NC(=O)c2ccccc2)c1. The van der Waals surface area contributed by atoms with E-state index in [0.717, 1.165) is 5.56 Å². The molecule has 0 aromatic heterocycles. The molecule has 2 aromatic carbocycles. The molecule has 0 saturated heterocycles. The zero-order chi connectivity index (χ0) is 16.8. The lowest BCUT2D eigenvalue weighted by Gasteiger charge is -2.15. The highest BCUT2D eigenvalue weighted by Crippen LogP contribution is 2.28. The molecule has 0 radical (unpaired) electrons. The van der Waals surface area contributed by atoms with Gasteiger partial charge in [-0.3, -0.25) is 9.59 Å². The van der Waals surface area contributed by atoms with Gasteiger partial charge in [0.25, 0.3) is 5.91 Å². The van der Waals surface area contributed by atoms with Crippen molar-refractivity contribution in [3.05, 3.63) is 64.7 Å². The molecule has 23 heavy (non-hydrogen) atoms. The van der Waals surface area contributed by atoms with Gasteiger partial charge in [0.1, 0.15) is 0 Å². The Morgan fingerprint density at radius 2 is 1.87 bits per heavy atom. The highest BCUT2D eigenvalue weighted by molar-refractivity contribution is 6.34. The zero-order valence-electron chi connectivity index (χ0n) is 12.3. The summed E-state index contributed by atoms with van der Waals surface area (Å²) in [6.45, 7) is 0.194. The second kappa shape index (κ2) is 7.76. The van der Waals surface area contributed by atoms with E-state index in [2.05, 4.69) is 5.32 Å². The molecule has 0 aliphatic carbocycles. The Kier molecular flexibility index (Phi) is 5.73. The maximum absolute atomic E-state index is 12.2. The maximum Gasteiger partial charge on any atom is 0.304 e. The van der Waals surface area contributed by atoms with Gasteiger partial charge in [0.15, 0.2) is 0 Å². The number of aliphatic carboxylic acids is 1. The number of anilines is 1. The van der Waals surface area contributed by atoms with Gasteiger partial charge < -0.3 is 16.2 Å². The average molecular weight is 333 g/mol. The molecule has 0 bridgehead atoms. The highest BCUT2D eigenvalue weighted by Gasteiger charge is 2.16. The molecule has 2 rings (SSSR count). The minimum absolute atomic E-state index is 0.0792. The number of benzene rings is 2. The van der Waals surface area contributed by atoms with Crippen LogP contribution in [0.3, 0.4) is 0 Å². The molecule has 1 atom stereocenters. The van der Waals surface area contributed by atoms with Crippen molar-refractivity contribution >= 4 is 29.2 Å². The van der Waals surface area contributed by atoms with E-state index in [-0.39, 0.29) is 24.8 Å². The first-order valence-corrected chi connectivity index (χ1v) is 7.46. The predicted molar refractivity (Wildman–Crippen MR) is 89.9 cm³/mol. The number of rotatable bonds is 6. The number of carboxylic acids is 1. The molecule has 1 amide bonds. The summed E-state index contributed by atoms with van der Waals surface area (Å²) in [5.74, 6) is -1.55. The summed E-state index contributed by atoms with van der Waals surface area (Å²) < 4.78 is 0. The molecular weight excluding hydrogens is 316 g/mol. The molecular formula is C17H17ClN2O3. The maximum atomic E-state index is 12.2. The third-order valence-corrected chi connectivity index (χ3v) is 3.78. The van der Waals surface area contributed by atoms with Crippen LogP contribution in [0.4, 0.5) is 5.69 Å². The van der Waals surface area contributed by atoms with Gasteiger partial charge in [-0.15, -0.1) is 0 Å². The van der Waals surface area contributed by atoms with E-state index in [1.54, 1.807) is 42.5 Å². The van der Waals surface area contributed by atoms with Crippen LogP contribution in [-0.2, 0) is 4.79 Å². The number of carbonyl (C=O) groups is 2. The Hall–Kier alpha value is -2.37. The monoisotopic (exact) mass is 332 g/mol. The van der Waals surface area contributed by atoms with Crippen LogP contribution in [0.25, 0.3) is 0 Å². The van der Waals surface area contributed by atoms with Crippen LogP contribution in [0.2, 0.25) is 5.02 Å². The van der Waals surface area contributed by atoms with Crippen LogP contribution in [0.5, 0.6) is 0 Å². The van der Waals surface area contributed by atoms with Crippen molar-refractivity contribution in [1.82, 2.24) is 0 Å². The van der Waals surface area contributed by atoms with Crippen LogP contribution in [0, 0.1) is 0 Å². The minimum atomic E-state index is -0.926. The second-order valence-electron chi connectivity index (χ2n) is 5.09. The number of hydrogen-bond acceptors (Lipinski definition) is 3. The van der Waals surface area contributed by atoms with Gasteiger partial charge in [0.05, 0.1) is 17.1 Å². The van der Waals surface area contributed by atoms with Crippen LogP contribution in [0.15, 0.2) is 48.5 Å². The zero-order valence-corrected chi connectivity index (χ0v) is 13.1. The largest absolute Gasteiger partial charge is 0.481 e. The standard InChI is InChI=1S/C17H17ClN2O3/c18-14-7-6-12(13(10-19)9-16(21)22)8-15(14)20-17(23)11-4-2-1-3-5-11/h1-8,13H,9-10,19H2,(H,20,23)(H,21,22). The van der Waals surface area contributed by atoms with Crippen LogP contribution in [-0.4, -0.2) is 23.5 Å². The third kappa shape index (κ3) is 4.55. The van der Waals surface area contributed by atoms with E-state index in [0.29, 0.717) is 16.3 Å². The van der Waals surface area contributed by atoms with Gasteiger partial charge in [0.2, 0.25) is 0 Å². The number of carboxylic acid groups (broad SMARTS) is 1. The molecule has 0 fully saturated rings. The number of nitrogens with two attached hydrogens (primary N) is 1. The fraction of sp³-hybridized carbons (Fsp3) is 0.176. The third-order valence-electron chi connectivity index (χ3n) is 3.45. The Bertz CT molecular complexity index is 704. The van der Waals surface area contributed by atoms with Crippen molar-refractivity contribution in [2.24, 2.45) is 5.73 Å². The van der Waals surface area contributed by atoms with Gasteiger partial charge in [0, 0.05) is 11.5 Å². The summed E-state index contributed by atoms with van der Waals surface area (Å²) in [5, 5.41) is 12.1. The van der Waals surface area contributed by atoms with Crippen molar-refractivity contribution in [2.75, 3.05) is 11.9 Å². The quantitative estimate of drug-likeness (QED) is 0.757. The Morgan fingerprint density at radius 3 is 2.48 bits per heavy atom. The minimum Gasteiger partial charge on any atom is -0.481 e. The lowest BCUT2D eigenvalue weighted by atomic mass is 9.95. The van der Waals surface area contributed by atoms with Gasteiger partial charge in [-0.2, -0.15) is 0 Å². The smallest absolute Gasteiger partial charge is 0.304 e. The molecule has 0 aliphatic heterocycles. The van der Waals surface area contributed by atoms with Crippen molar-refractivity contribution in [3.8, 4) is 0 Å². The molecule has 0 spiro atoms. The molecule has 1 unspecified atom stereocenters. The molecule has 4 N–H and O–H groups in total. The van der Waals surface area contributed by atoms with E-state index in [4.69, 9.17) is 22.4 Å². The van der Waals surface area contributed by atoms with Crippen molar-refractivity contribution in [1.29, 1.82) is 0 Å². The average Bonchev–Trinajstić information content (AvgIpc) is 2.55. The number of halogens is 1. The molecule has 0 saturated carbocycles. The molecule has 6 heteroatoms. The molecule has 0 aliphatic rings. The van der Waals surface area contributed by atoms with Crippen LogP contribution < -0.4 is 11.1 Å². The molecule has 5 nitrogen and oxygen atoms in total. The number of carbonyl (C=O) groups excluding carboxylic acids is 1. The first-order valence-electron chi connectivity index (χ1n) is 7.09.